The number of nitrogens with one attached hydrogen (secondary N) is 1. The van der Waals surface area contributed by atoms with Crippen molar-refractivity contribution in [2.75, 3.05) is 20.3 Å². The van der Waals surface area contributed by atoms with Crippen LogP contribution in [0.4, 0.5) is 0 Å². The Labute approximate surface area is 199 Å². The van der Waals surface area contributed by atoms with Crippen molar-refractivity contribution in [3.8, 4) is 17.2 Å². The van der Waals surface area contributed by atoms with E-state index in [0.717, 1.165) is 34.8 Å². The van der Waals surface area contributed by atoms with Crippen molar-refractivity contribution in [3.63, 3.8) is 0 Å². The summed E-state index contributed by atoms with van der Waals surface area (Å²) in [6.07, 6.45) is 0.780. The van der Waals surface area contributed by atoms with Crippen LogP contribution in [0.15, 0.2) is 78.9 Å². The first-order valence-corrected chi connectivity index (χ1v) is 11.3. The van der Waals surface area contributed by atoms with Crippen LogP contribution in [0.1, 0.15) is 25.2 Å². The second-order valence-corrected chi connectivity index (χ2v) is 7.88. The first-order chi connectivity index (χ1) is 16.6. The minimum absolute atomic E-state index is 0.0526. The Morgan fingerprint density at radius 1 is 0.941 bits per heavy atom. The fraction of sp³-hybridized carbons (Fsp3) is 0.259. The molecule has 0 spiro atoms. The van der Waals surface area contributed by atoms with Gasteiger partial charge in [-0.1, -0.05) is 36.4 Å². The maximum atomic E-state index is 12.5. The summed E-state index contributed by atoms with van der Waals surface area (Å²) >= 11 is 0. The van der Waals surface area contributed by atoms with Gasteiger partial charge in [-0.15, -0.1) is 0 Å². The van der Waals surface area contributed by atoms with E-state index in [1.165, 1.54) is 0 Å². The Morgan fingerprint density at radius 2 is 1.68 bits per heavy atom. The molecule has 4 aromatic rings. The lowest BCUT2D eigenvalue weighted by Gasteiger charge is -2.17. The number of hydrogen-bond acceptors (Lipinski definition) is 5. The number of amides is 1. The number of ether oxygens (including phenoxy) is 3. The van der Waals surface area contributed by atoms with Crippen molar-refractivity contribution in [2.45, 2.75) is 25.9 Å². The summed E-state index contributed by atoms with van der Waals surface area (Å²) in [4.78, 5) is 17.3. The van der Waals surface area contributed by atoms with Gasteiger partial charge in [-0.25, -0.2) is 4.98 Å². The molecule has 3 aromatic carbocycles. The lowest BCUT2D eigenvalue weighted by molar-refractivity contribution is -0.123. The SMILES string of the molecule is COc1cccc(OCCCn2c(C(C)NC(=O)COc3ccccc3)nc3ccccc32)c1. The molecule has 0 radical (unpaired) electrons. The predicted molar refractivity (Wildman–Crippen MR) is 131 cm³/mol. The Hall–Kier alpha value is -4.00. The largest absolute Gasteiger partial charge is 0.497 e. The Balaban J connectivity index is 1.39. The predicted octanol–water partition coefficient (Wildman–Crippen LogP) is 4.77. The number of rotatable bonds is 11. The fourth-order valence-electron chi connectivity index (χ4n) is 3.78. The molecule has 1 N–H and O–H groups in total. The van der Waals surface area contributed by atoms with E-state index >= 15 is 0 Å². The summed E-state index contributed by atoms with van der Waals surface area (Å²) in [5, 5.41) is 3.00. The summed E-state index contributed by atoms with van der Waals surface area (Å²) in [6, 6.07) is 24.6. The molecule has 7 heteroatoms. The summed E-state index contributed by atoms with van der Waals surface area (Å²) in [5.74, 6) is 2.80. The van der Waals surface area contributed by atoms with Crippen LogP contribution in [-0.4, -0.2) is 35.8 Å². The van der Waals surface area contributed by atoms with Crippen molar-refractivity contribution in [1.29, 1.82) is 0 Å². The normalized spacial score (nSPS) is 11.7. The topological polar surface area (TPSA) is 74.6 Å². The lowest BCUT2D eigenvalue weighted by Crippen LogP contribution is -2.32. The van der Waals surface area contributed by atoms with E-state index in [9.17, 15) is 4.79 Å². The molecule has 0 saturated carbocycles. The van der Waals surface area contributed by atoms with Crippen molar-refractivity contribution in [2.24, 2.45) is 0 Å². The zero-order valence-electron chi connectivity index (χ0n) is 19.4. The molecule has 0 bridgehead atoms. The molecule has 0 aliphatic carbocycles. The molecule has 34 heavy (non-hydrogen) atoms. The molecule has 7 nitrogen and oxygen atoms in total. The summed E-state index contributed by atoms with van der Waals surface area (Å²) < 4.78 is 18.9. The number of imidazole rings is 1. The highest BCUT2D eigenvalue weighted by Gasteiger charge is 2.18. The molecular formula is C27H29N3O4. The zero-order chi connectivity index (χ0) is 23.8. The number of fused-ring (bicyclic) bond motifs is 1. The summed E-state index contributed by atoms with van der Waals surface area (Å²) in [6.45, 7) is 3.14. The molecule has 0 aliphatic rings. The van der Waals surface area contributed by atoms with E-state index < -0.39 is 0 Å². The van der Waals surface area contributed by atoms with Crippen LogP contribution in [-0.2, 0) is 11.3 Å². The molecule has 0 aliphatic heterocycles. The second kappa shape index (κ2) is 11.2. The van der Waals surface area contributed by atoms with Gasteiger partial charge in [0.1, 0.15) is 23.1 Å². The van der Waals surface area contributed by atoms with Crippen molar-refractivity contribution < 1.29 is 19.0 Å². The molecule has 1 heterocycles. The fourth-order valence-corrected chi connectivity index (χ4v) is 3.78. The first-order valence-electron chi connectivity index (χ1n) is 11.3. The highest BCUT2D eigenvalue weighted by molar-refractivity contribution is 5.79. The number of carbonyl (C=O) groups excluding carboxylic acids is 1. The minimum atomic E-state index is -0.279. The lowest BCUT2D eigenvalue weighted by atomic mass is 10.3. The highest BCUT2D eigenvalue weighted by Crippen LogP contribution is 2.22. The van der Waals surface area contributed by atoms with Crippen LogP contribution in [0.3, 0.4) is 0 Å². The van der Waals surface area contributed by atoms with Crippen LogP contribution in [0.2, 0.25) is 0 Å². The van der Waals surface area contributed by atoms with Gasteiger partial charge in [0.05, 0.1) is 30.8 Å². The summed E-state index contributed by atoms with van der Waals surface area (Å²) in [5.41, 5.74) is 1.92. The van der Waals surface area contributed by atoms with E-state index in [-0.39, 0.29) is 18.6 Å². The monoisotopic (exact) mass is 459 g/mol. The highest BCUT2D eigenvalue weighted by atomic mass is 16.5. The molecular weight excluding hydrogens is 430 g/mol. The number of aromatic nitrogens is 2. The number of hydrogen-bond donors (Lipinski definition) is 1. The van der Waals surface area contributed by atoms with E-state index in [1.807, 2.05) is 85.8 Å². The number of carbonyl (C=O) groups is 1. The van der Waals surface area contributed by atoms with Crippen LogP contribution in [0, 0.1) is 0 Å². The third-order valence-electron chi connectivity index (χ3n) is 5.40. The van der Waals surface area contributed by atoms with Gasteiger partial charge in [-0.3, -0.25) is 4.79 Å². The average molecular weight is 460 g/mol. The van der Waals surface area contributed by atoms with Gasteiger partial charge >= 0.3 is 0 Å². The Kier molecular flexibility index (Phi) is 7.65. The number of nitrogens with zero attached hydrogens (tertiary/aromatic N) is 2. The van der Waals surface area contributed by atoms with Gasteiger partial charge in [0.2, 0.25) is 0 Å². The van der Waals surface area contributed by atoms with Gasteiger partial charge in [0.25, 0.3) is 5.91 Å². The van der Waals surface area contributed by atoms with Crippen molar-refractivity contribution >= 4 is 16.9 Å². The quantitative estimate of drug-likeness (QED) is 0.327. The van der Waals surface area contributed by atoms with Crippen LogP contribution in [0.25, 0.3) is 11.0 Å². The zero-order valence-corrected chi connectivity index (χ0v) is 19.4. The van der Waals surface area contributed by atoms with E-state index in [1.54, 1.807) is 7.11 Å². The smallest absolute Gasteiger partial charge is 0.258 e. The maximum Gasteiger partial charge on any atom is 0.258 e. The molecule has 1 aromatic heterocycles. The van der Waals surface area contributed by atoms with Gasteiger partial charge in [0.15, 0.2) is 6.61 Å². The van der Waals surface area contributed by atoms with E-state index in [2.05, 4.69) is 9.88 Å². The number of aryl methyl sites for hydroxylation is 1. The molecule has 4 rings (SSSR count). The molecule has 1 amide bonds. The number of benzene rings is 3. The minimum Gasteiger partial charge on any atom is -0.497 e. The third kappa shape index (κ3) is 5.86. The Bertz CT molecular complexity index is 1220. The Morgan fingerprint density at radius 3 is 2.50 bits per heavy atom. The van der Waals surface area contributed by atoms with Crippen LogP contribution >= 0.6 is 0 Å². The average Bonchev–Trinajstić information content (AvgIpc) is 3.25. The first kappa shape index (κ1) is 23.2. The van der Waals surface area contributed by atoms with E-state index in [4.69, 9.17) is 19.2 Å². The molecule has 0 saturated heterocycles. The van der Waals surface area contributed by atoms with Gasteiger partial charge < -0.3 is 24.1 Å². The number of methoxy groups -OCH3 is 1. The molecule has 1 unspecified atom stereocenters. The van der Waals surface area contributed by atoms with Crippen LogP contribution < -0.4 is 19.5 Å². The van der Waals surface area contributed by atoms with Crippen LogP contribution in [0.5, 0.6) is 17.2 Å². The molecule has 1 atom stereocenters. The second-order valence-electron chi connectivity index (χ2n) is 7.88. The third-order valence-corrected chi connectivity index (χ3v) is 5.40. The van der Waals surface area contributed by atoms with Gasteiger partial charge in [0, 0.05) is 12.6 Å². The van der Waals surface area contributed by atoms with E-state index in [0.29, 0.717) is 18.9 Å². The van der Waals surface area contributed by atoms with Crippen molar-refractivity contribution in [3.05, 3.63) is 84.7 Å². The summed E-state index contributed by atoms with van der Waals surface area (Å²) in [7, 11) is 1.64. The van der Waals surface area contributed by atoms with Gasteiger partial charge in [-0.2, -0.15) is 0 Å². The molecule has 0 fully saturated rings. The molecule has 176 valence electrons. The number of para-hydroxylation sites is 3. The van der Waals surface area contributed by atoms with Crippen molar-refractivity contribution in [1.82, 2.24) is 14.9 Å². The maximum absolute atomic E-state index is 12.5. The van der Waals surface area contributed by atoms with Gasteiger partial charge in [-0.05, 0) is 49.7 Å². The standard InChI is InChI=1S/C27H29N3O4/c1-20(28-26(31)19-34-21-10-4-3-5-11-21)27-29-24-14-6-7-15-25(24)30(27)16-9-17-33-23-13-8-12-22(18-23)32-2/h3-8,10-15,18,20H,9,16-17,19H2,1-2H3,(H,28,31).